The number of methoxy groups -OCH3 is 1. The summed E-state index contributed by atoms with van der Waals surface area (Å²) in [7, 11) is -1.35. The number of rotatable bonds is 5. The number of anilines is 1. The first-order valence-electron chi connectivity index (χ1n) is 5.73. The van der Waals surface area contributed by atoms with Crippen LogP contribution in [0.3, 0.4) is 0 Å². The van der Waals surface area contributed by atoms with Crippen LogP contribution in [-0.4, -0.2) is 32.9 Å². The molecule has 0 aliphatic rings. The number of benzene rings is 1. The molecule has 0 radical (unpaired) electrons. The molecule has 0 aliphatic carbocycles. The first kappa shape index (κ1) is 16.2. The molecule has 6 nitrogen and oxygen atoms in total. The van der Waals surface area contributed by atoms with E-state index in [0.29, 0.717) is 0 Å². The number of nitrogen functional groups attached to an aromatic ring is 1. The van der Waals surface area contributed by atoms with Crippen molar-refractivity contribution in [3.63, 3.8) is 0 Å². The zero-order valence-electron chi connectivity index (χ0n) is 11.4. The maximum Gasteiger partial charge on any atom is 0.243 e. The number of nitrogens with two attached hydrogens (primary N) is 1. The van der Waals surface area contributed by atoms with Crippen molar-refractivity contribution in [1.82, 2.24) is 4.31 Å². The van der Waals surface area contributed by atoms with Crippen molar-refractivity contribution in [3.8, 4) is 11.8 Å². The summed E-state index contributed by atoms with van der Waals surface area (Å²) in [5.41, 5.74) is 5.46. The minimum absolute atomic E-state index is 0.0316. The van der Waals surface area contributed by atoms with Crippen LogP contribution in [0.15, 0.2) is 17.0 Å². The van der Waals surface area contributed by atoms with Crippen molar-refractivity contribution in [2.24, 2.45) is 0 Å². The van der Waals surface area contributed by atoms with Gasteiger partial charge in [-0.1, -0.05) is 0 Å². The molecule has 1 aromatic rings. The van der Waals surface area contributed by atoms with E-state index in [-0.39, 0.29) is 22.8 Å². The van der Waals surface area contributed by atoms with Crippen molar-refractivity contribution in [1.29, 1.82) is 5.26 Å². The number of ether oxygens (including phenoxy) is 1. The van der Waals surface area contributed by atoms with Crippen LogP contribution in [0.25, 0.3) is 0 Å². The summed E-state index contributed by atoms with van der Waals surface area (Å²) in [5.74, 6) is -1.05. The van der Waals surface area contributed by atoms with Crippen LogP contribution in [0.5, 0.6) is 5.75 Å². The first-order valence-corrected chi connectivity index (χ1v) is 7.17. The Balaban J connectivity index is 3.27. The minimum Gasteiger partial charge on any atom is -0.492 e. The summed E-state index contributed by atoms with van der Waals surface area (Å²) in [6.07, 6.45) is 0.0316. The fourth-order valence-corrected chi connectivity index (χ4v) is 3.03. The van der Waals surface area contributed by atoms with Gasteiger partial charge in [0, 0.05) is 13.1 Å². The van der Waals surface area contributed by atoms with E-state index in [0.717, 1.165) is 16.4 Å². The number of hydrogen-bond donors (Lipinski definition) is 1. The molecular formula is C12H16FN3O3S. The maximum atomic E-state index is 13.7. The molecule has 0 heterocycles. The second-order valence-corrected chi connectivity index (χ2v) is 6.26. The molecule has 110 valence electrons. The Labute approximate surface area is 117 Å². The van der Waals surface area contributed by atoms with Gasteiger partial charge in [0.05, 0.1) is 30.2 Å². The molecule has 0 aliphatic heterocycles. The van der Waals surface area contributed by atoms with Crippen LogP contribution in [0.4, 0.5) is 10.1 Å². The van der Waals surface area contributed by atoms with Gasteiger partial charge < -0.3 is 10.5 Å². The number of nitriles is 1. The Morgan fingerprint density at radius 1 is 1.55 bits per heavy atom. The lowest BCUT2D eigenvalue weighted by Crippen LogP contribution is -2.35. The highest BCUT2D eigenvalue weighted by molar-refractivity contribution is 7.89. The molecule has 0 bridgehead atoms. The van der Waals surface area contributed by atoms with E-state index in [4.69, 9.17) is 15.7 Å². The zero-order valence-corrected chi connectivity index (χ0v) is 12.2. The normalized spacial score (nSPS) is 13.0. The van der Waals surface area contributed by atoms with Gasteiger partial charge in [0.1, 0.15) is 0 Å². The first-order chi connectivity index (χ1) is 9.25. The van der Waals surface area contributed by atoms with Crippen LogP contribution < -0.4 is 10.5 Å². The fraction of sp³-hybridized carbons (Fsp3) is 0.417. The van der Waals surface area contributed by atoms with Crippen LogP contribution in [0, 0.1) is 17.1 Å². The largest absolute Gasteiger partial charge is 0.492 e. The molecule has 0 spiro atoms. The van der Waals surface area contributed by atoms with Gasteiger partial charge in [0.2, 0.25) is 10.0 Å². The highest BCUT2D eigenvalue weighted by Crippen LogP contribution is 2.30. The van der Waals surface area contributed by atoms with Gasteiger partial charge >= 0.3 is 0 Å². The summed E-state index contributed by atoms with van der Waals surface area (Å²) in [4.78, 5) is -0.277. The Kier molecular flexibility index (Phi) is 4.92. The van der Waals surface area contributed by atoms with Crippen molar-refractivity contribution >= 4 is 15.7 Å². The van der Waals surface area contributed by atoms with E-state index in [9.17, 15) is 12.8 Å². The molecule has 0 saturated carbocycles. The van der Waals surface area contributed by atoms with Gasteiger partial charge in [-0.05, 0) is 19.1 Å². The van der Waals surface area contributed by atoms with Crippen LogP contribution in [0.1, 0.15) is 13.3 Å². The SMILES string of the molecule is COc1c(N)cc(S(=O)(=O)N(C)C(C)CC#N)cc1F. The number of nitrogens with zero attached hydrogens (tertiary/aromatic N) is 2. The average Bonchev–Trinajstić information content (AvgIpc) is 2.37. The molecule has 2 N–H and O–H groups in total. The molecule has 1 atom stereocenters. The topological polar surface area (TPSA) is 96.4 Å². The summed E-state index contributed by atoms with van der Waals surface area (Å²) >= 11 is 0. The van der Waals surface area contributed by atoms with Crippen LogP contribution in [-0.2, 0) is 10.0 Å². The Hall–Kier alpha value is -1.85. The van der Waals surface area contributed by atoms with E-state index < -0.39 is 21.9 Å². The molecule has 0 amide bonds. The monoisotopic (exact) mass is 301 g/mol. The predicted octanol–water partition coefficient (Wildman–Crippen LogP) is 1.34. The summed E-state index contributed by atoms with van der Waals surface area (Å²) in [6.45, 7) is 1.59. The molecule has 0 aromatic heterocycles. The molecule has 0 fully saturated rings. The quantitative estimate of drug-likeness (QED) is 0.828. The Bertz CT molecular complexity index is 617. The smallest absolute Gasteiger partial charge is 0.243 e. The third-order valence-corrected chi connectivity index (χ3v) is 4.88. The van der Waals surface area contributed by atoms with E-state index in [1.165, 1.54) is 14.2 Å². The molecule has 1 rings (SSSR count). The lowest BCUT2D eigenvalue weighted by Gasteiger charge is -2.22. The standard InChI is InChI=1S/C12H16FN3O3S/c1-8(4-5-14)16(2)20(17,18)9-6-10(13)12(19-3)11(15)7-9/h6-8H,4,15H2,1-3H3. The second-order valence-electron chi connectivity index (χ2n) is 4.26. The van der Waals surface area contributed by atoms with Crippen molar-refractivity contribution < 1.29 is 17.5 Å². The molecule has 1 unspecified atom stereocenters. The fourth-order valence-electron chi connectivity index (χ4n) is 1.62. The molecule has 8 heteroatoms. The third kappa shape index (κ3) is 3.00. The second kappa shape index (κ2) is 6.07. The van der Waals surface area contributed by atoms with Crippen LogP contribution >= 0.6 is 0 Å². The highest BCUT2D eigenvalue weighted by atomic mass is 32.2. The molecule has 20 heavy (non-hydrogen) atoms. The molecule has 0 saturated heterocycles. The van der Waals surface area contributed by atoms with E-state index in [1.54, 1.807) is 6.92 Å². The lowest BCUT2D eigenvalue weighted by molar-refractivity contribution is 0.384. The summed E-state index contributed by atoms with van der Waals surface area (Å²) in [6, 6.07) is 3.34. The average molecular weight is 301 g/mol. The Morgan fingerprint density at radius 2 is 2.15 bits per heavy atom. The van der Waals surface area contributed by atoms with Gasteiger partial charge in [-0.25, -0.2) is 12.8 Å². The van der Waals surface area contributed by atoms with Gasteiger partial charge in [-0.3, -0.25) is 0 Å². The van der Waals surface area contributed by atoms with Crippen molar-refractivity contribution in [3.05, 3.63) is 17.9 Å². The molecule has 1 aromatic carbocycles. The summed E-state index contributed by atoms with van der Waals surface area (Å²) < 4.78 is 44.1. The Morgan fingerprint density at radius 3 is 2.60 bits per heavy atom. The van der Waals surface area contributed by atoms with E-state index >= 15 is 0 Å². The van der Waals surface area contributed by atoms with Gasteiger partial charge in [-0.15, -0.1) is 0 Å². The number of hydrogen-bond acceptors (Lipinski definition) is 5. The maximum absolute atomic E-state index is 13.7. The number of sulfonamides is 1. The predicted molar refractivity (Wildman–Crippen MR) is 72.0 cm³/mol. The van der Waals surface area contributed by atoms with E-state index in [1.807, 2.05) is 6.07 Å². The van der Waals surface area contributed by atoms with Gasteiger partial charge in [0.15, 0.2) is 11.6 Å². The minimum atomic E-state index is -3.92. The van der Waals surface area contributed by atoms with E-state index in [2.05, 4.69) is 0 Å². The summed E-state index contributed by atoms with van der Waals surface area (Å²) in [5, 5.41) is 8.61. The van der Waals surface area contributed by atoms with Crippen LogP contribution in [0.2, 0.25) is 0 Å². The van der Waals surface area contributed by atoms with Crippen molar-refractivity contribution in [2.75, 3.05) is 19.9 Å². The third-order valence-electron chi connectivity index (χ3n) is 2.93. The number of halogens is 1. The zero-order chi connectivity index (χ0) is 15.5. The van der Waals surface area contributed by atoms with Gasteiger partial charge in [-0.2, -0.15) is 9.57 Å². The van der Waals surface area contributed by atoms with Gasteiger partial charge in [0.25, 0.3) is 0 Å². The lowest BCUT2D eigenvalue weighted by atomic mass is 10.3. The molecular weight excluding hydrogens is 285 g/mol. The highest BCUT2D eigenvalue weighted by Gasteiger charge is 2.27. The van der Waals surface area contributed by atoms with Crippen molar-refractivity contribution in [2.45, 2.75) is 24.3 Å².